The van der Waals surface area contributed by atoms with Crippen molar-refractivity contribution in [2.75, 3.05) is 32.5 Å². The monoisotopic (exact) mass is 687 g/mol. The summed E-state index contributed by atoms with van der Waals surface area (Å²) in [5.41, 5.74) is 12.0. The molecule has 2 N–H and O–H groups in total. The maximum Gasteiger partial charge on any atom is 0.219 e. The van der Waals surface area contributed by atoms with Gasteiger partial charge in [-0.1, -0.05) is 16.4 Å². The predicted octanol–water partition coefficient (Wildman–Crippen LogP) is 4.81. The maximum atomic E-state index is 10.2. The smallest absolute Gasteiger partial charge is 0.219 e. The summed E-state index contributed by atoms with van der Waals surface area (Å²) in [6.07, 6.45) is 12.1. The fraction of sp³-hybridized carbons (Fsp3) is 0.486. The molecule has 1 spiro atoms. The van der Waals surface area contributed by atoms with Gasteiger partial charge in [-0.3, -0.25) is 4.90 Å². The summed E-state index contributed by atoms with van der Waals surface area (Å²) in [4.78, 5) is 12.3. The Balaban J connectivity index is 1.12. The van der Waals surface area contributed by atoms with Crippen molar-refractivity contribution >= 4 is 5.69 Å². The zero-order chi connectivity index (χ0) is 34.7. The van der Waals surface area contributed by atoms with Gasteiger partial charge in [0.25, 0.3) is 0 Å². The summed E-state index contributed by atoms with van der Waals surface area (Å²) in [5.74, 6) is 2.18. The van der Waals surface area contributed by atoms with Gasteiger partial charge < -0.3 is 19.7 Å². The van der Waals surface area contributed by atoms with Gasteiger partial charge in [-0.05, 0) is 102 Å². The van der Waals surface area contributed by atoms with E-state index in [4.69, 9.17) is 34.8 Å². The number of nitrogens with zero attached hydrogens (tertiary/aromatic N) is 10. The Bertz CT molecular complexity index is 2140. The zero-order valence-electron chi connectivity index (χ0n) is 29.0. The second-order valence-corrected chi connectivity index (χ2v) is 14.5. The molecular weight excluding hydrogens is 646 g/mol. The number of likely N-dealkylation sites (N-methyl/N-ethyl adjacent to an activating group) is 1. The minimum absolute atomic E-state index is 0.0982. The molecule has 0 unspecified atom stereocenters. The molecule has 5 aromatic rings. The fourth-order valence-electron chi connectivity index (χ4n) is 8.88. The molecule has 14 nitrogen and oxygen atoms in total. The van der Waals surface area contributed by atoms with E-state index in [0.29, 0.717) is 52.5 Å². The molecule has 2 aliphatic heterocycles. The predicted molar refractivity (Wildman–Crippen MR) is 186 cm³/mol. The molecule has 0 saturated carbocycles. The van der Waals surface area contributed by atoms with Crippen LogP contribution in [0.2, 0.25) is 0 Å². The van der Waals surface area contributed by atoms with Crippen molar-refractivity contribution in [1.82, 2.24) is 44.8 Å². The number of hydrogen-bond donors (Lipinski definition) is 1. The number of nitrogens with two attached hydrogens (primary N) is 1. The number of rotatable bonds is 7. The Hall–Kier alpha value is -5.13. The highest BCUT2D eigenvalue weighted by atomic mass is 16.5. The molecule has 2 aliphatic carbocycles. The first-order valence-corrected chi connectivity index (χ1v) is 18.0. The standard InChI is InChI=1S/C37H41N11O3/c1-22(30-8-5-15-46(30)2)50-32-18-31(47-16-11-28(43-47)29-20-48(45-42-29)24-12-17-49-21-24)40-36(41-32)34-25-7-4-14-37(35(25)51-44-34)13-3-6-23-9-10-27(39)26(19-38)33(23)37/h9-11,16,18,20,22,24,30H,3-8,12-15,17,21,39H2,1-2H3/t22-,24+,30-,37+/m0/s1. The second kappa shape index (κ2) is 12.6. The van der Waals surface area contributed by atoms with Gasteiger partial charge in [-0.25, -0.2) is 14.3 Å². The molecule has 2 saturated heterocycles. The van der Waals surface area contributed by atoms with Crippen molar-refractivity contribution in [3.63, 3.8) is 0 Å². The molecule has 0 radical (unpaired) electrons. The van der Waals surface area contributed by atoms with Crippen LogP contribution < -0.4 is 10.5 Å². The Labute approximate surface area is 295 Å². The molecule has 2 fully saturated rings. The highest BCUT2D eigenvalue weighted by Crippen LogP contribution is 2.53. The quantitative estimate of drug-likeness (QED) is 0.232. The van der Waals surface area contributed by atoms with Gasteiger partial charge in [-0.15, -0.1) is 5.10 Å². The van der Waals surface area contributed by atoms with E-state index in [1.165, 1.54) is 0 Å². The summed E-state index contributed by atoms with van der Waals surface area (Å²) in [6.45, 7) is 4.50. The van der Waals surface area contributed by atoms with Gasteiger partial charge in [0, 0.05) is 36.2 Å². The van der Waals surface area contributed by atoms with Gasteiger partial charge in [0.15, 0.2) is 23.1 Å². The molecule has 1 aromatic carbocycles. The molecule has 6 heterocycles. The average molecular weight is 688 g/mol. The number of hydrogen-bond acceptors (Lipinski definition) is 12. The summed E-state index contributed by atoms with van der Waals surface area (Å²) in [7, 11) is 2.14. The number of anilines is 1. The van der Waals surface area contributed by atoms with Crippen LogP contribution in [-0.4, -0.2) is 83.8 Å². The molecule has 0 bridgehead atoms. The second-order valence-electron chi connectivity index (χ2n) is 14.5. The molecule has 0 amide bonds. The highest BCUT2D eigenvalue weighted by Gasteiger charge is 2.48. The summed E-state index contributed by atoms with van der Waals surface area (Å²) in [5, 5.41) is 28.5. The number of nitriles is 1. The maximum absolute atomic E-state index is 10.2. The number of benzene rings is 1. The number of aromatic nitrogens is 8. The first-order chi connectivity index (χ1) is 24.9. The average Bonchev–Trinajstić information content (AvgIpc) is 3.98. The fourth-order valence-corrected chi connectivity index (χ4v) is 8.88. The largest absolute Gasteiger partial charge is 0.473 e. The summed E-state index contributed by atoms with van der Waals surface area (Å²) in [6, 6.07) is 10.5. The van der Waals surface area contributed by atoms with Crippen LogP contribution in [0.25, 0.3) is 28.7 Å². The number of ether oxygens (including phenoxy) is 2. The van der Waals surface area contributed by atoms with E-state index in [1.54, 1.807) is 4.68 Å². The normalized spacial score (nSPS) is 23.6. The van der Waals surface area contributed by atoms with Gasteiger partial charge in [0.05, 0.1) is 29.8 Å². The first-order valence-electron chi connectivity index (χ1n) is 18.0. The minimum atomic E-state index is -0.482. The van der Waals surface area contributed by atoms with Gasteiger partial charge in [-0.2, -0.15) is 15.3 Å². The van der Waals surface area contributed by atoms with E-state index in [0.717, 1.165) is 93.4 Å². The van der Waals surface area contributed by atoms with Crippen LogP contribution in [0.5, 0.6) is 5.88 Å². The summed E-state index contributed by atoms with van der Waals surface area (Å²) < 4.78 is 22.0. The van der Waals surface area contributed by atoms with E-state index in [2.05, 4.69) is 46.5 Å². The van der Waals surface area contributed by atoms with Crippen LogP contribution in [-0.2, 0) is 23.0 Å². The first kappa shape index (κ1) is 31.8. The SMILES string of the molecule is C[C@H](Oc1cc(-n2ccc(-c3cn([C@@H]4CCOC4)nn3)n2)nc(-c2noc3c2CCC[C@@]32CCCc3ccc(N)c(C#N)c32)n1)[C@@H]1CCCN1C. The minimum Gasteiger partial charge on any atom is -0.473 e. The van der Waals surface area contributed by atoms with E-state index in [1.807, 2.05) is 35.3 Å². The third kappa shape index (κ3) is 5.37. The molecule has 51 heavy (non-hydrogen) atoms. The van der Waals surface area contributed by atoms with E-state index < -0.39 is 5.41 Å². The van der Waals surface area contributed by atoms with Gasteiger partial charge in [0.2, 0.25) is 5.88 Å². The highest BCUT2D eigenvalue weighted by molar-refractivity contribution is 5.67. The third-order valence-electron chi connectivity index (χ3n) is 11.4. The molecule has 262 valence electrons. The van der Waals surface area contributed by atoms with Crippen molar-refractivity contribution in [2.24, 2.45) is 0 Å². The van der Waals surface area contributed by atoms with Gasteiger partial charge >= 0.3 is 0 Å². The molecule has 4 aromatic heterocycles. The third-order valence-corrected chi connectivity index (χ3v) is 11.4. The molecule has 14 heteroatoms. The van der Waals surface area contributed by atoms with Gasteiger partial charge in [0.1, 0.15) is 23.6 Å². The lowest BCUT2D eigenvalue weighted by atomic mass is 9.61. The number of likely N-dealkylation sites (tertiary alicyclic amines) is 1. The number of nitrogen functional groups attached to an aromatic ring is 1. The Kier molecular flexibility index (Phi) is 7.85. The van der Waals surface area contributed by atoms with E-state index in [-0.39, 0.29) is 18.2 Å². The lowest BCUT2D eigenvalue weighted by molar-refractivity contribution is 0.117. The van der Waals surface area contributed by atoms with E-state index >= 15 is 0 Å². The van der Waals surface area contributed by atoms with Crippen LogP contribution in [0.15, 0.2) is 41.2 Å². The van der Waals surface area contributed by atoms with Crippen LogP contribution in [0.4, 0.5) is 5.69 Å². The summed E-state index contributed by atoms with van der Waals surface area (Å²) >= 11 is 0. The number of fused-ring (bicyclic) bond motifs is 4. The lowest BCUT2D eigenvalue weighted by Gasteiger charge is -2.41. The van der Waals surface area contributed by atoms with Crippen molar-refractivity contribution in [3.05, 3.63) is 64.7 Å². The Morgan fingerprint density at radius 1 is 1.10 bits per heavy atom. The van der Waals surface area contributed by atoms with Crippen LogP contribution in [0, 0.1) is 11.3 Å². The zero-order valence-corrected chi connectivity index (χ0v) is 29.0. The Morgan fingerprint density at radius 3 is 2.78 bits per heavy atom. The van der Waals surface area contributed by atoms with Crippen molar-refractivity contribution in [1.29, 1.82) is 5.26 Å². The van der Waals surface area contributed by atoms with Crippen molar-refractivity contribution in [3.8, 4) is 40.7 Å². The van der Waals surface area contributed by atoms with Crippen LogP contribution in [0.1, 0.15) is 85.9 Å². The molecular formula is C37H41N11O3. The van der Waals surface area contributed by atoms with Crippen molar-refractivity contribution in [2.45, 2.75) is 88.3 Å². The molecule has 4 aliphatic rings. The van der Waals surface area contributed by atoms with Crippen molar-refractivity contribution < 1.29 is 14.0 Å². The lowest BCUT2D eigenvalue weighted by Crippen LogP contribution is -2.38. The molecule has 4 atom stereocenters. The number of aryl methyl sites for hydroxylation is 1. The topological polar surface area (TPSA) is 172 Å². The Morgan fingerprint density at radius 2 is 1.98 bits per heavy atom. The van der Waals surface area contributed by atoms with Crippen LogP contribution in [0.3, 0.4) is 0 Å². The van der Waals surface area contributed by atoms with Crippen LogP contribution >= 0.6 is 0 Å². The van der Waals surface area contributed by atoms with E-state index in [9.17, 15) is 5.26 Å². The molecule has 9 rings (SSSR count).